The summed E-state index contributed by atoms with van der Waals surface area (Å²) in [5.74, 6) is -0.699. The van der Waals surface area contributed by atoms with E-state index in [9.17, 15) is 14.8 Å². The fourth-order valence-corrected chi connectivity index (χ4v) is 2.21. The lowest BCUT2D eigenvalue weighted by molar-refractivity contribution is -0.129. The van der Waals surface area contributed by atoms with E-state index in [2.05, 4.69) is 5.18 Å². The lowest BCUT2D eigenvalue weighted by atomic mass is 10.1. The average molecular weight is 277 g/mol. The predicted molar refractivity (Wildman–Crippen MR) is 73.0 cm³/mol. The zero-order chi connectivity index (χ0) is 14.7. The molecule has 0 radical (unpaired) electrons. The SMILES string of the molecule is Cc1ccc2c(c1)c(N=O)c(O)n2CCCC(=O)NO. The maximum absolute atomic E-state index is 11.0. The first-order valence-corrected chi connectivity index (χ1v) is 6.16. The van der Waals surface area contributed by atoms with Gasteiger partial charge in [0.2, 0.25) is 11.8 Å². The first kappa shape index (κ1) is 14.0. The largest absolute Gasteiger partial charge is 0.493 e. The summed E-state index contributed by atoms with van der Waals surface area (Å²) in [5, 5.41) is 21.9. The van der Waals surface area contributed by atoms with Gasteiger partial charge in [-0.25, -0.2) is 5.48 Å². The number of benzene rings is 1. The van der Waals surface area contributed by atoms with Gasteiger partial charge in [0.25, 0.3) is 0 Å². The van der Waals surface area contributed by atoms with Crippen LogP contribution in [0.15, 0.2) is 23.4 Å². The number of nitrogens with zero attached hydrogens (tertiary/aromatic N) is 2. The Morgan fingerprint density at radius 3 is 2.85 bits per heavy atom. The summed E-state index contributed by atoms with van der Waals surface area (Å²) >= 11 is 0. The second-order valence-corrected chi connectivity index (χ2v) is 4.57. The highest BCUT2D eigenvalue weighted by Crippen LogP contribution is 2.38. The number of aromatic nitrogens is 1. The van der Waals surface area contributed by atoms with Crippen LogP contribution in [0.25, 0.3) is 10.9 Å². The Hall–Kier alpha value is -2.41. The van der Waals surface area contributed by atoms with Gasteiger partial charge < -0.3 is 9.67 Å². The standard InChI is InChI=1S/C13H15N3O4/c1-8-4-5-10-9(7-8)12(15-20)13(18)16(10)6-2-3-11(17)14-19/h4-5,7,18-19H,2-3,6H2,1H3,(H,14,17). The van der Waals surface area contributed by atoms with Crippen LogP contribution in [-0.4, -0.2) is 20.8 Å². The number of nitroso groups, excluding NO2 is 1. The first-order valence-electron chi connectivity index (χ1n) is 6.16. The second kappa shape index (κ2) is 5.70. The van der Waals surface area contributed by atoms with Crippen LogP contribution in [0, 0.1) is 11.8 Å². The van der Waals surface area contributed by atoms with Crippen molar-refractivity contribution in [1.29, 1.82) is 0 Å². The van der Waals surface area contributed by atoms with Crippen molar-refractivity contribution in [3.05, 3.63) is 28.7 Å². The van der Waals surface area contributed by atoms with Crippen molar-refractivity contribution in [2.45, 2.75) is 26.3 Å². The van der Waals surface area contributed by atoms with Crippen LogP contribution >= 0.6 is 0 Å². The van der Waals surface area contributed by atoms with Gasteiger partial charge in [-0.15, -0.1) is 4.91 Å². The van der Waals surface area contributed by atoms with Gasteiger partial charge in [0.1, 0.15) is 0 Å². The van der Waals surface area contributed by atoms with Crippen molar-refractivity contribution in [1.82, 2.24) is 10.0 Å². The molecule has 0 aliphatic rings. The molecular formula is C13H15N3O4. The number of aryl methyl sites for hydroxylation is 2. The molecule has 0 atom stereocenters. The monoisotopic (exact) mass is 277 g/mol. The molecule has 0 saturated heterocycles. The summed E-state index contributed by atoms with van der Waals surface area (Å²) in [4.78, 5) is 21.8. The average Bonchev–Trinajstić information content (AvgIpc) is 2.70. The molecule has 1 aromatic carbocycles. The van der Waals surface area contributed by atoms with Gasteiger partial charge >= 0.3 is 0 Å². The summed E-state index contributed by atoms with van der Waals surface area (Å²) in [6.07, 6.45) is 0.529. The number of carbonyl (C=O) groups is 1. The summed E-state index contributed by atoms with van der Waals surface area (Å²) in [6.45, 7) is 2.22. The fourth-order valence-electron chi connectivity index (χ4n) is 2.21. The zero-order valence-corrected chi connectivity index (χ0v) is 11.0. The number of hydrogen-bond acceptors (Lipinski definition) is 5. The Balaban J connectivity index is 2.35. The molecule has 0 fully saturated rings. The van der Waals surface area contributed by atoms with Crippen LogP contribution in [-0.2, 0) is 11.3 Å². The van der Waals surface area contributed by atoms with Crippen LogP contribution in [0.4, 0.5) is 5.69 Å². The van der Waals surface area contributed by atoms with Gasteiger partial charge in [-0.05, 0) is 30.7 Å². The molecule has 0 aliphatic heterocycles. The number of hydroxylamine groups is 1. The highest BCUT2D eigenvalue weighted by atomic mass is 16.5. The maximum Gasteiger partial charge on any atom is 0.243 e. The number of fused-ring (bicyclic) bond motifs is 1. The van der Waals surface area contributed by atoms with Gasteiger partial charge in [-0.2, -0.15) is 0 Å². The molecule has 0 unspecified atom stereocenters. The van der Waals surface area contributed by atoms with Crippen molar-refractivity contribution >= 4 is 22.5 Å². The minimum atomic E-state index is -0.495. The Labute approximate surface area is 114 Å². The van der Waals surface area contributed by atoms with Crippen LogP contribution in [0.3, 0.4) is 0 Å². The normalized spacial score (nSPS) is 10.7. The van der Waals surface area contributed by atoms with E-state index < -0.39 is 5.91 Å². The minimum absolute atomic E-state index is 0.00955. The molecule has 20 heavy (non-hydrogen) atoms. The summed E-state index contributed by atoms with van der Waals surface area (Å²) in [6, 6.07) is 5.45. The molecule has 0 spiro atoms. The topological polar surface area (TPSA) is 104 Å². The molecule has 1 amide bonds. The van der Waals surface area contributed by atoms with Gasteiger partial charge in [0.05, 0.1) is 5.52 Å². The molecule has 3 N–H and O–H groups in total. The highest BCUT2D eigenvalue weighted by Gasteiger charge is 2.17. The van der Waals surface area contributed by atoms with E-state index in [1.807, 2.05) is 13.0 Å². The number of nitrogens with one attached hydrogen (secondary N) is 1. The molecule has 0 bridgehead atoms. The van der Waals surface area contributed by atoms with Crippen LogP contribution in [0.2, 0.25) is 0 Å². The molecule has 2 aromatic rings. The maximum atomic E-state index is 11.0. The highest BCUT2D eigenvalue weighted by molar-refractivity contribution is 5.95. The zero-order valence-electron chi connectivity index (χ0n) is 11.0. The molecule has 1 heterocycles. The first-order chi connectivity index (χ1) is 9.58. The van der Waals surface area contributed by atoms with E-state index in [1.54, 1.807) is 17.6 Å². The van der Waals surface area contributed by atoms with Crippen LogP contribution in [0.5, 0.6) is 5.88 Å². The lowest BCUT2D eigenvalue weighted by Crippen LogP contribution is -2.18. The van der Waals surface area contributed by atoms with Gasteiger partial charge in [-0.3, -0.25) is 10.0 Å². The quantitative estimate of drug-likeness (QED) is 0.443. The Morgan fingerprint density at radius 2 is 2.20 bits per heavy atom. The van der Waals surface area contributed by atoms with E-state index in [0.717, 1.165) is 5.56 Å². The lowest BCUT2D eigenvalue weighted by Gasteiger charge is -2.06. The fraction of sp³-hybridized carbons (Fsp3) is 0.308. The van der Waals surface area contributed by atoms with E-state index >= 15 is 0 Å². The number of carbonyl (C=O) groups excluding carboxylic acids is 1. The van der Waals surface area contributed by atoms with Gasteiger partial charge in [0.15, 0.2) is 5.69 Å². The minimum Gasteiger partial charge on any atom is -0.493 e. The van der Waals surface area contributed by atoms with Gasteiger partial charge in [-0.1, -0.05) is 11.6 Å². The summed E-state index contributed by atoms with van der Waals surface area (Å²) < 4.78 is 1.54. The Bertz CT molecular complexity index is 663. The number of aromatic hydroxyl groups is 1. The third kappa shape index (κ3) is 2.48. The Morgan fingerprint density at radius 1 is 1.45 bits per heavy atom. The molecule has 0 aliphatic carbocycles. The second-order valence-electron chi connectivity index (χ2n) is 4.57. The molecule has 7 nitrogen and oxygen atoms in total. The smallest absolute Gasteiger partial charge is 0.243 e. The third-order valence-corrected chi connectivity index (χ3v) is 3.17. The molecule has 106 valence electrons. The number of hydrogen-bond donors (Lipinski definition) is 3. The van der Waals surface area contributed by atoms with E-state index in [1.165, 1.54) is 4.57 Å². The summed E-state index contributed by atoms with van der Waals surface area (Å²) in [7, 11) is 0. The molecule has 1 aromatic heterocycles. The van der Waals surface area contributed by atoms with Crippen LogP contribution < -0.4 is 5.48 Å². The van der Waals surface area contributed by atoms with Crippen LogP contribution in [0.1, 0.15) is 18.4 Å². The van der Waals surface area contributed by atoms with Crippen molar-refractivity contribution in [3.8, 4) is 5.88 Å². The Kier molecular flexibility index (Phi) is 3.99. The van der Waals surface area contributed by atoms with Gasteiger partial charge in [0, 0.05) is 18.4 Å². The van der Waals surface area contributed by atoms with Crippen molar-refractivity contribution in [3.63, 3.8) is 0 Å². The van der Waals surface area contributed by atoms with Crippen molar-refractivity contribution < 1.29 is 15.1 Å². The third-order valence-electron chi connectivity index (χ3n) is 3.17. The number of amides is 1. The van der Waals surface area contributed by atoms with Crippen molar-refractivity contribution in [2.75, 3.05) is 0 Å². The van der Waals surface area contributed by atoms with Crippen molar-refractivity contribution in [2.24, 2.45) is 5.18 Å². The molecule has 7 heteroatoms. The summed E-state index contributed by atoms with van der Waals surface area (Å²) in [5.41, 5.74) is 3.20. The number of rotatable bonds is 5. The predicted octanol–water partition coefficient (Wildman–Crippen LogP) is 2.34. The van der Waals surface area contributed by atoms with E-state index in [0.29, 0.717) is 23.9 Å². The molecule has 0 saturated carbocycles. The van der Waals surface area contributed by atoms with E-state index in [-0.39, 0.29) is 18.0 Å². The molecular weight excluding hydrogens is 262 g/mol. The van der Waals surface area contributed by atoms with E-state index in [4.69, 9.17) is 5.21 Å². The molecule has 2 rings (SSSR count).